The number of anilines is 1. The number of nitrogens with zero attached hydrogens (tertiary/aromatic N) is 1. The molecule has 27 heavy (non-hydrogen) atoms. The van der Waals surface area contributed by atoms with Gasteiger partial charge in [0.1, 0.15) is 15.6 Å². The Morgan fingerprint density at radius 1 is 1.37 bits per heavy atom. The van der Waals surface area contributed by atoms with E-state index < -0.39 is 27.5 Å². The molecule has 1 aliphatic rings. The van der Waals surface area contributed by atoms with Crippen LogP contribution in [0.15, 0.2) is 29.3 Å². The number of halogens is 2. The zero-order valence-corrected chi connectivity index (χ0v) is 16.1. The van der Waals surface area contributed by atoms with Gasteiger partial charge in [-0.1, -0.05) is 13.8 Å². The van der Waals surface area contributed by atoms with Crippen molar-refractivity contribution >= 4 is 21.5 Å². The first-order chi connectivity index (χ1) is 12.6. The molecule has 2 atom stereocenters. The Balaban J connectivity index is 1.97. The molecule has 0 spiro atoms. The molecule has 9 heteroatoms. The average Bonchev–Trinajstić information content (AvgIpc) is 2.85. The van der Waals surface area contributed by atoms with Crippen LogP contribution in [0, 0.1) is 22.3 Å². The number of carbonyl (C=O) groups excluding carboxylic acids is 1. The van der Waals surface area contributed by atoms with Crippen molar-refractivity contribution in [1.82, 2.24) is 9.29 Å². The average molecular weight is 396 g/mol. The lowest BCUT2D eigenvalue weighted by atomic mass is 9.97. The maximum absolute atomic E-state index is 13.4. The molecule has 1 amide bonds. The monoisotopic (exact) mass is 396 g/mol. The molecule has 0 radical (unpaired) electrons. The van der Waals surface area contributed by atoms with Gasteiger partial charge in [0.15, 0.2) is 11.6 Å². The first-order valence-electron chi connectivity index (χ1n) is 8.61. The lowest BCUT2D eigenvalue weighted by molar-refractivity contribution is 0.101. The number of carbonyl (C=O) groups is 1. The van der Waals surface area contributed by atoms with Gasteiger partial charge in [-0.2, -0.15) is 0 Å². The molecule has 2 heterocycles. The van der Waals surface area contributed by atoms with Gasteiger partial charge in [0.2, 0.25) is 0 Å². The van der Waals surface area contributed by atoms with Crippen molar-refractivity contribution in [2.75, 3.05) is 5.32 Å². The summed E-state index contributed by atoms with van der Waals surface area (Å²) in [7, 11) is -1.62. The topological polar surface area (TPSA) is 87.0 Å². The summed E-state index contributed by atoms with van der Waals surface area (Å²) in [4.78, 5) is 13.1. The van der Waals surface area contributed by atoms with Gasteiger partial charge in [-0.3, -0.25) is 4.79 Å². The van der Waals surface area contributed by atoms with Crippen LogP contribution in [0.5, 0.6) is 0 Å². The Hall–Kier alpha value is -2.26. The summed E-state index contributed by atoms with van der Waals surface area (Å²) in [6, 6.07) is 3.00. The van der Waals surface area contributed by atoms with E-state index in [1.54, 1.807) is 7.05 Å². The molecular formula is C18H22F2N4O2S. The summed E-state index contributed by atoms with van der Waals surface area (Å²) in [6.45, 7) is 3.97. The molecule has 3 rings (SSSR count). The van der Waals surface area contributed by atoms with Gasteiger partial charge in [0.05, 0.1) is 4.90 Å². The van der Waals surface area contributed by atoms with Crippen LogP contribution in [0.25, 0.3) is 0 Å². The summed E-state index contributed by atoms with van der Waals surface area (Å²) in [5, 5.41) is 2.54. The summed E-state index contributed by atoms with van der Waals surface area (Å²) >= 11 is 0. The van der Waals surface area contributed by atoms with Crippen molar-refractivity contribution in [1.29, 1.82) is 4.78 Å². The third-order valence-corrected chi connectivity index (χ3v) is 6.38. The Morgan fingerprint density at radius 2 is 2.07 bits per heavy atom. The van der Waals surface area contributed by atoms with Crippen molar-refractivity contribution < 1.29 is 17.8 Å². The molecule has 146 valence electrons. The smallest absolute Gasteiger partial charge is 0.272 e. The van der Waals surface area contributed by atoms with Crippen LogP contribution in [-0.4, -0.2) is 20.7 Å². The number of aryl methyl sites for hydroxylation is 1. The number of fused-ring (bicyclic) bond motifs is 1. The minimum Gasteiger partial charge on any atom is -0.345 e. The third-order valence-electron chi connectivity index (χ3n) is 4.78. The van der Waals surface area contributed by atoms with E-state index in [-0.39, 0.29) is 23.3 Å². The van der Waals surface area contributed by atoms with E-state index in [0.29, 0.717) is 23.3 Å². The van der Waals surface area contributed by atoms with Crippen LogP contribution >= 0.6 is 0 Å². The lowest BCUT2D eigenvalue weighted by Gasteiger charge is -2.20. The molecule has 0 saturated carbocycles. The highest BCUT2D eigenvalue weighted by Crippen LogP contribution is 2.29. The number of amides is 1. The van der Waals surface area contributed by atoms with E-state index in [4.69, 9.17) is 4.78 Å². The highest BCUT2D eigenvalue weighted by molar-refractivity contribution is 7.90. The summed E-state index contributed by atoms with van der Waals surface area (Å²) in [5.74, 6) is -2.39. The first-order valence-corrected chi connectivity index (χ1v) is 10.2. The van der Waals surface area contributed by atoms with Gasteiger partial charge < -0.3 is 9.88 Å². The molecule has 1 aromatic heterocycles. The Morgan fingerprint density at radius 3 is 2.70 bits per heavy atom. The zero-order chi connectivity index (χ0) is 19.9. The number of aromatic nitrogens is 1. The van der Waals surface area contributed by atoms with Gasteiger partial charge in [-0.05, 0) is 30.9 Å². The van der Waals surface area contributed by atoms with E-state index in [1.165, 1.54) is 16.8 Å². The fraction of sp³-hybridized carbons (Fsp3) is 0.389. The molecule has 2 aromatic rings. The van der Waals surface area contributed by atoms with Crippen LogP contribution in [0.4, 0.5) is 14.5 Å². The Bertz CT molecular complexity index is 999. The van der Waals surface area contributed by atoms with Crippen molar-refractivity contribution in [3.63, 3.8) is 0 Å². The molecule has 1 aromatic carbocycles. The Labute approximate surface area is 157 Å². The number of hydrogen-bond donors (Lipinski definition) is 3. The van der Waals surface area contributed by atoms with Gasteiger partial charge in [-0.25, -0.2) is 22.5 Å². The standard InChI is InChI=1S/C18H22F2N4O2S/c1-10(2)15-7-5-12-16(27(21,26)23-15)9-24(3)17(12)18(25)22-11-4-6-13(19)14(20)8-11/h4,6,8-10,15H,5,7H2,1-3H3,(H,22,25)(H2,21,23,26)/t15-,27?/m1/s1. The second-order valence-electron chi connectivity index (χ2n) is 7.08. The van der Waals surface area contributed by atoms with Gasteiger partial charge in [0, 0.05) is 36.6 Å². The lowest BCUT2D eigenvalue weighted by Crippen LogP contribution is -2.36. The van der Waals surface area contributed by atoms with Crippen molar-refractivity contribution in [2.24, 2.45) is 13.0 Å². The summed E-state index contributed by atoms with van der Waals surface area (Å²) in [6.07, 6.45) is 2.65. The predicted molar refractivity (Wildman–Crippen MR) is 98.9 cm³/mol. The number of nitrogens with one attached hydrogen (secondary N) is 3. The highest BCUT2D eigenvalue weighted by atomic mass is 32.2. The van der Waals surface area contributed by atoms with Crippen molar-refractivity contribution in [3.05, 3.63) is 47.3 Å². The van der Waals surface area contributed by atoms with Crippen LogP contribution in [0.2, 0.25) is 0 Å². The molecular weight excluding hydrogens is 374 g/mol. The van der Waals surface area contributed by atoms with Crippen molar-refractivity contribution in [2.45, 2.75) is 37.6 Å². The number of hydrogen-bond acceptors (Lipinski definition) is 3. The predicted octanol–water partition coefficient (Wildman–Crippen LogP) is 3.44. The second kappa shape index (κ2) is 7.05. The third kappa shape index (κ3) is 3.74. The van der Waals surface area contributed by atoms with E-state index in [0.717, 1.165) is 12.1 Å². The second-order valence-corrected chi connectivity index (χ2v) is 8.87. The quantitative estimate of drug-likeness (QED) is 0.742. The molecule has 0 fully saturated rings. The van der Waals surface area contributed by atoms with Crippen molar-refractivity contribution in [3.8, 4) is 0 Å². The largest absolute Gasteiger partial charge is 0.345 e. The summed E-state index contributed by atoms with van der Waals surface area (Å²) in [5.41, 5.74) is 0.932. The fourth-order valence-corrected chi connectivity index (χ4v) is 5.10. The zero-order valence-electron chi connectivity index (χ0n) is 15.3. The molecule has 1 aliphatic heterocycles. The van der Waals surface area contributed by atoms with E-state index in [1.807, 2.05) is 13.8 Å². The SMILES string of the molecule is CC(C)[C@H]1CCc2c(cn(C)c2C(=O)Nc2ccc(F)c(F)c2)S(=N)(=O)N1. The fourth-order valence-electron chi connectivity index (χ4n) is 3.30. The minimum atomic E-state index is -3.25. The van der Waals surface area contributed by atoms with E-state index >= 15 is 0 Å². The van der Waals surface area contributed by atoms with Gasteiger partial charge >= 0.3 is 0 Å². The Kier molecular flexibility index (Phi) is 5.09. The molecule has 0 saturated heterocycles. The highest BCUT2D eigenvalue weighted by Gasteiger charge is 2.31. The van der Waals surface area contributed by atoms with Crippen LogP contribution < -0.4 is 10.0 Å². The van der Waals surface area contributed by atoms with E-state index in [9.17, 15) is 17.8 Å². The molecule has 0 bridgehead atoms. The molecule has 1 unspecified atom stereocenters. The van der Waals surface area contributed by atoms with Crippen LogP contribution in [0.1, 0.15) is 36.3 Å². The maximum Gasteiger partial charge on any atom is 0.272 e. The molecule has 3 N–H and O–H groups in total. The number of benzene rings is 1. The number of rotatable bonds is 3. The normalized spacial score (nSPS) is 22.4. The molecule has 0 aliphatic carbocycles. The molecule has 6 nitrogen and oxygen atoms in total. The van der Waals surface area contributed by atoms with Crippen LogP contribution in [0.3, 0.4) is 0 Å². The summed E-state index contributed by atoms with van der Waals surface area (Å²) < 4.78 is 52.1. The van der Waals surface area contributed by atoms with Gasteiger partial charge in [0.25, 0.3) is 5.91 Å². The van der Waals surface area contributed by atoms with Crippen LogP contribution in [-0.2, 0) is 23.4 Å². The first kappa shape index (κ1) is 19.5. The van der Waals surface area contributed by atoms with E-state index in [2.05, 4.69) is 10.0 Å². The maximum atomic E-state index is 13.4. The minimum absolute atomic E-state index is 0.102. The van der Waals surface area contributed by atoms with Gasteiger partial charge in [-0.15, -0.1) is 0 Å².